The number of carbonyl (C=O) groups is 2. The highest BCUT2D eigenvalue weighted by molar-refractivity contribution is 5.90. The molecule has 2 N–H and O–H groups in total. The second kappa shape index (κ2) is 6.17. The van der Waals surface area contributed by atoms with E-state index in [1.807, 2.05) is 0 Å². The number of nitrogens with one attached hydrogen (secondary N) is 1. The molecule has 19 heavy (non-hydrogen) atoms. The normalized spacial score (nSPS) is 11.1. The van der Waals surface area contributed by atoms with Gasteiger partial charge in [-0.3, -0.25) is 9.59 Å². The van der Waals surface area contributed by atoms with Crippen molar-refractivity contribution in [3.63, 3.8) is 0 Å². The summed E-state index contributed by atoms with van der Waals surface area (Å²) in [5.74, 6) is -1.48. The minimum Gasteiger partial charge on any atom is -0.481 e. The Kier molecular flexibility index (Phi) is 4.85. The summed E-state index contributed by atoms with van der Waals surface area (Å²) in [6.45, 7) is 0. The number of anilines is 1. The average Bonchev–Trinajstić information content (AvgIpc) is 2.27. The van der Waals surface area contributed by atoms with Gasteiger partial charge in [-0.25, -0.2) is 4.98 Å². The van der Waals surface area contributed by atoms with Crippen molar-refractivity contribution in [2.45, 2.75) is 25.4 Å². The maximum absolute atomic E-state index is 12.2. The summed E-state index contributed by atoms with van der Waals surface area (Å²) in [5, 5.41) is 10.7. The molecule has 0 fully saturated rings. The standard InChI is InChI=1S/C11H11F3N2O3/c12-11(13,14)8-5-4-7(6-15-8)16-9(17)2-1-3-10(18)19/h4-6H,1-3H2,(H,16,17)(H,18,19). The highest BCUT2D eigenvalue weighted by atomic mass is 19.4. The van der Waals surface area contributed by atoms with Crippen molar-refractivity contribution in [3.8, 4) is 0 Å². The van der Waals surface area contributed by atoms with Gasteiger partial charge < -0.3 is 10.4 Å². The zero-order valence-corrected chi connectivity index (χ0v) is 9.70. The first-order chi connectivity index (χ1) is 8.79. The first-order valence-corrected chi connectivity index (χ1v) is 5.34. The molecule has 1 aromatic rings. The van der Waals surface area contributed by atoms with Gasteiger partial charge in [-0.2, -0.15) is 13.2 Å². The minimum atomic E-state index is -4.52. The van der Waals surface area contributed by atoms with E-state index < -0.39 is 23.7 Å². The Morgan fingerprint density at radius 1 is 1.26 bits per heavy atom. The Morgan fingerprint density at radius 3 is 2.42 bits per heavy atom. The van der Waals surface area contributed by atoms with Crippen molar-refractivity contribution in [2.24, 2.45) is 0 Å². The Labute approximate surface area is 106 Å². The monoisotopic (exact) mass is 276 g/mol. The number of carboxylic acid groups (broad SMARTS) is 1. The molecule has 0 bridgehead atoms. The molecule has 0 aromatic carbocycles. The molecule has 0 aliphatic rings. The number of aliphatic carboxylic acids is 1. The summed E-state index contributed by atoms with van der Waals surface area (Å²) < 4.78 is 36.7. The lowest BCUT2D eigenvalue weighted by molar-refractivity contribution is -0.141. The lowest BCUT2D eigenvalue weighted by Crippen LogP contribution is -2.13. The fraction of sp³-hybridized carbons (Fsp3) is 0.364. The number of hydrogen-bond donors (Lipinski definition) is 2. The van der Waals surface area contributed by atoms with Crippen LogP contribution in [0, 0.1) is 0 Å². The summed E-state index contributed by atoms with van der Waals surface area (Å²) >= 11 is 0. The van der Waals surface area contributed by atoms with Crippen LogP contribution >= 0.6 is 0 Å². The van der Waals surface area contributed by atoms with E-state index in [-0.39, 0.29) is 24.9 Å². The molecule has 0 aliphatic heterocycles. The molecule has 0 aliphatic carbocycles. The highest BCUT2D eigenvalue weighted by Gasteiger charge is 2.32. The molecule has 0 unspecified atom stereocenters. The molecule has 1 amide bonds. The average molecular weight is 276 g/mol. The lowest BCUT2D eigenvalue weighted by Gasteiger charge is -2.07. The van der Waals surface area contributed by atoms with Gasteiger partial charge in [0.25, 0.3) is 0 Å². The molecular formula is C11H11F3N2O3. The number of hydrogen-bond acceptors (Lipinski definition) is 3. The van der Waals surface area contributed by atoms with Crippen LogP contribution in [0.3, 0.4) is 0 Å². The number of alkyl halides is 3. The molecule has 0 spiro atoms. The van der Waals surface area contributed by atoms with Crippen LogP contribution in [0.4, 0.5) is 18.9 Å². The first kappa shape index (κ1) is 14.9. The number of nitrogens with zero attached hydrogens (tertiary/aromatic N) is 1. The molecule has 8 heteroatoms. The highest BCUT2D eigenvalue weighted by Crippen LogP contribution is 2.27. The summed E-state index contributed by atoms with van der Waals surface area (Å²) in [5.41, 5.74) is -0.912. The Balaban J connectivity index is 2.49. The second-order valence-corrected chi connectivity index (χ2v) is 3.73. The fourth-order valence-corrected chi connectivity index (χ4v) is 1.26. The predicted octanol–water partition coefficient (Wildman–Crippen LogP) is 2.29. The van der Waals surface area contributed by atoms with Crippen molar-refractivity contribution in [1.82, 2.24) is 4.98 Å². The summed E-state index contributed by atoms with van der Waals surface area (Å²) in [4.78, 5) is 24.7. The van der Waals surface area contributed by atoms with Gasteiger partial charge in [0, 0.05) is 12.8 Å². The van der Waals surface area contributed by atoms with E-state index in [9.17, 15) is 22.8 Å². The quantitative estimate of drug-likeness (QED) is 0.864. The zero-order valence-electron chi connectivity index (χ0n) is 9.70. The predicted molar refractivity (Wildman–Crippen MR) is 59.4 cm³/mol. The molecule has 0 radical (unpaired) electrons. The van der Waals surface area contributed by atoms with Crippen LogP contribution in [0.25, 0.3) is 0 Å². The van der Waals surface area contributed by atoms with Crippen LogP contribution in [0.5, 0.6) is 0 Å². The van der Waals surface area contributed by atoms with Crippen LogP contribution in [0.2, 0.25) is 0 Å². The number of rotatable bonds is 5. The van der Waals surface area contributed by atoms with E-state index in [1.165, 1.54) is 0 Å². The van der Waals surface area contributed by atoms with Gasteiger partial charge >= 0.3 is 12.1 Å². The topological polar surface area (TPSA) is 79.3 Å². The Morgan fingerprint density at radius 2 is 1.95 bits per heavy atom. The molecule has 0 saturated carbocycles. The largest absolute Gasteiger partial charge is 0.481 e. The van der Waals surface area contributed by atoms with E-state index in [1.54, 1.807) is 0 Å². The fourth-order valence-electron chi connectivity index (χ4n) is 1.26. The van der Waals surface area contributed by atoms with Gasteiger partial charge in [0.05, 0.1) is 11.9 Å². The third-order valence-corrected chi connectivity index (χ3v) is 2.13. The van der Waals surface area contributed by atoms with E-state index in [4.69, 9.17) is 5.11 Å². The number of aromatic nitrogens is 1. The number of carboxylic acids is 1. The first-order valence-electron chi connectivity index (χ1n) is 5.34. The third-order valence-electron chi connectivity index (χ3n) is 2.13. The number of halogens is 3. The van der Waals surface area contributed by atoms with E-state index >= 15 is 0 Å². The van der Waals surface area contributed by atoms with Crippen LogP contribution < -0.4 is 5.32 Å². The van der Waals surface area contributed by atoms with Crippen LogP contribution in [-0.2, 0) is 15.8 Å². The van der Waals surface area contributed by atoms with E-state index in [2.05, 4.69) is 10.3 Å². The van der Waals surface area contributed by atoms with Crippen molar-refractivity contribution in [2.75, 3.05) is 5.32 Å². The Hall–Kier alpha value is -2.12. The molecule has 0 atom stereocenters. The van der Waals surface area contributed by atoms with Crippen molar-refractivity contribution >= 4 is 17.6 Å². The maximum atomic E-state index is 12.2. The summed E-state index contributed by atoms with van der Waals surface area (Å²) in [7, 11) is 0. The Bertz CT molecular complexity index is 457. The number of pyridine rings is 1. The number of amides is 1. The third kappa shape index (κ3) is 5.36. The van der Waals surface area contributed by atoms with E-state index in [0.717, 1.165) is 18.3 Å². The number of carbonyl (C=O) groups excluding carboxylic acids is 1. The molecule has 0 saturated heterocycles. The van der Waals surface area contributed by atoms with Crippen LogP contribution in [0.15, 0.2) is 18.3 Å². The van der Waals surface area contributed by atoms with Gasteiger partial charge in [0.15, 0.2) is 0 Å². The van der Waals surface area contributed by atoms with Crippen LogP contribution in [0.1, 0.15) is 25.0 Å². The molecular weight excluding hydrogens is 265 g/mol. The molecule has 1 heterocycles. The lowest BCUT2D eigenvalue weighted by atomic mass is 10.2. The molecule has 1 aromatic heterocycles. The van der Waals surface area contributed by atoms with E-state index in [0.29, 0.717) is 0 Å². The van der Waals surface area contributed by atoms with Crippen molar-refractivity contribution in [1.29, 1.82) is 0 Å². The summed E-state index contributed by atoms with van der Waals surface area (Å²) in [6, 6.07) is 1.85. The second-order valence-electron chi connectivity index (χ2n) is 3.73. The van der Waals surface area contributed by atoms with Gasteiger partial charge in [0.2, 0.25) is 5.91 Å². The van der Waals surface area contributed by atoms with Gasteiger partial charge in [-0.1, -0.05) is 0 Å². The van der Waals surface area contributed by atoms with Gasteiger partial charge in [0.1, 0.15) is 5.69 Å². The van der Waals surface area contributed by atoms with Gasteiger partial charge in [-0.05, 0) is 18.6 Å². The maximum Gasteiger partial charge on any atom is 0.433 e. The molecule has 5 nitrogen and oxygen atoms in total. The molecule has 1 rings (SSSR count). The van der Waals surface area contributed by atoms with Gasteiger partial charge in [-0.15, -0.1) is 0 Å². The van der Waals surface area contributed by atoms with Crippen molar-refractivity contribution < 1.29 is 27.9 Å². The van der Waals surface area contributed by atoms with Crippen LogP contribution in [-0.4, -0.2) is 22.0 Å². The smallest absolute Gasteiger partial charge is 0.433 e. The SMILES string of the molecule is O=C(O)CCCC(=O)Nc1ccc(C(F)(F)F)nc1. The van der Waals surface area contributed by atoms with Crippen molar-refractivity contribution in [3.05, 3.63) is 24.0 Å². The minimum absolute atomic E-state index is 0.0205. The molecule has 104 valence electrons. The summed E-state index contributed by atoms with van der Waals surface area (Å²) in [6.07, 6.45) is -3.62. The zero-order chi connectivity index (χ0) is 14.5.